The Morgan fingerprint density at radius 3 is 2.00 bits per heavy atom. The summed E-state index contributed by atoms with van der Waals surface area (Å²) in [4.78, 5) is 0. The van der Waals surface area contributed by atoms with E-state index in [9.17, 15) is 26.3 Å². The van der Waals surface area contributed by atoms with Crippen LogP contribution in [0.5, 0.6) is 0 Å². The quantitative estimate of drug-likeness (QED) is 0.816. The predicted octanol–water partition coefficient (Wildman–Crippen LogP) is 4.31. The van der Waals surface area contributed by atoms with E-state index in [0.29, 0.717) is 6.07 Å². The molecule has 0 aliphatic rings. The van der Waals surface area contributed by atoms with Crippen LogP contribution < -0.4 is 5.32 Å². The molecule has 0 radical (unpaired) electrons. The molecule has 0 fully saturated rings. The van der Waals surface area contributed by atoms with Crippen molar-refractivity contribution in [2.45, 2.75) is 38.3 Å². The van der Waals surface area contributed by atoms with Gasteiger partial charge in [0.2, 0.25) is 0 Å². The van der Waals surface area contributed by atoms with Crippen LogP contribution in [0, 0.1) is 0 Å². The Morgan fingerprint density at radius 1 is 1.00 bits per heavy atom. The van der Waals surface area contributed by atoms with Crippen LogP contribution in [0.15, 0.2) is 24.3 Å². The number of rotatable bonds is 3. The van der Waals surface area contributed by atoms with Gasteiger partial charge in [-0.05, 0) is 17.7 Å². The van der Waals surface area contributed by atoms with Crippen molar-refractivity contribution in [1.29, 1.82) is 0 Å². The van der Waals surface area contributed by atoms with E-state index in [2.05, 4.69) is 5.32 Å². The molecule has 19 heavy (non-hydrogen) atoms. The second-order valence-corrected chi connectivity index (χ2v) is 4.42. The topological polar surface area (TPSA) is 12.0 Å². The van der Waals surface area contributed by atoms with E-state index in [1.165, 1.54) is 13.8 Å². The minimum Gasteiger partial charge on any atom is -0.300 e. The monoisotopic (exact) mass is 285 g/mol. The lowest BCUT2D eigenvalue weighted by Gasteiger charge is -2.24. The summed E-state index contributed by atoms with van der Waals surface area (Å²) in [7, 11) is 0. The third-order valence-corrected chi connectivity index (χ3v) is 2.37. The molecule has 0 aliphatic heterocycles. The van der Waals surface area contributed by atoms with Crippen molar-refractivity contribution in [3.8, 4) is 0 Å². The van der Waals surface area contributed by atoms with Gasteiger partial charge in [0, 0.05) is 6.04 Å². The number of hydrogen-bond acceptors (Lipinski definition) is 1. The molecule has 1 unspecified atom stereocenters. The maximum atomic E-state index is 12.9. The zero-order chi connectivity index (χ0) is 14.8. The highest BCUT2D eigenvalue weighted by molar-refractivity contribution is 5.29. The summed E-state index contributed by atoms with van der Waals surface area (Å²) >= 11 is 0. The van der Waals surface area contributed by atoms with Gasteiger partial charge in [-0.15, -0.1) is 0 Å². The number of hydrogen-bond donors (Lipinski definition) is 1. The lowest BCUT2D eigenvalue weighted by molar-refractivity contribution is -0.159. The van der Waals surface area contributed by atoms with Crippen molar-refractivity contribution >= 4 is 0 Å². The van der Waals surface area contributed by atoms with Gasteiger partial charge in [0.1, 0.15) is 6.04 Å². The standard InChI is InChI=1S/C12H13F6N/c1-7(2)19-10(12(16,17)18)8-4-3-5-9(6-8)11(13,14)15/h3-7,10,19H,1-2H3. The molecule has 0 amide bonds. The van der Waals surface area contributed by atoms with Gasteiger partial charge in [-0.2, -0.15) is 26.3 Å². The summed E-state index contributed by atoms with van der Waals surface area (Å²) < 4.78 is 76.0. The number of benzene rings is 1. The van der Waals surface area contributed by atoms with E-state index in [0.717, 1.165) is 18.2 Å². The average Bonchev–Trinajstić information content (AvgIpc) is 2.23. The zero-order valence-corrected chi connectivity index (χ0v) is 10.2. The summed E-state index contributed by atoms with van der Waals surface area (Å²) in [6.07, 6.45) is -9.32. The van der Waals surface area contributed by atoms with Crippen molar-refractivity contribution in [2.24, 2.45) is 0 Å². The van der Waals surface area contributed by atoms with Crippen LogP contribution in [-0.4, -0.2) is 12.2 Å². The molecule has 0 heterocycles. The summed E-state index contributed by atoms with van der Waals surface area (Å²) in [5, 5.41) is 2.22. The maximum Gasteiger partial charge on any atom is 0.416 e. The lowest BCUT2D eigenvalue weighted by atomic mass is 10.0. The predicted molar refractivity (Wildman–Crippen MR) is 58.5 cm³/mol. The maximum absolute atomic E-state index is 12.9. The van der Waals surface area contributed by atoms with E-state index in [1.54, 1.807) is 0 Å². The van der Waals surface area contributed by atoms with Gasteiger partial charge in [-0.3, -0.25) is 0 Å². The number of nitrogens with one attached hydrogen (secondary N) is 1. The zero-order valence-electron chi connectivity index (χ0n) is 10.2. The van der Waals surface area contributed by atoms with Gasteiger partial charge in [0.05, 0.1) is 5.56 Å². The normalized spacial score (nSPS) is 14.8. The van der Waals surface area contributed by atoms with E-state index in [-0.39, 0.29) is 0 Å². The van der Waals surface area contributed by atoms with Crippen molar-refractivity contribution < 1.29 is 26.3 Å². The van der Waals surface area contributed by atoms with Crippen LogP contribution in [0.1, 0.15) is 31.0 Å². The first-order valence-corrected chi connectivity index (χ1v) is 5.51. The van der Waals surface area contributed by atoms with Gasteiger partial charge in [0.15, 0.2) is 0 Å². The molecule has 0 bridgehead atoms. The van der Waals surface area contributed by atoms with Gasteiger partial charge in [0.25, 0.3) is 0 Å². The first kappa shape index (κ1) is 15.8. The van der Waals surface area contributed by atoms with Gasteiger partial charge in [-0.1, -0.05) is 26.0 Å². The fourth-order valence-corrected chi connectivity index (χ4v) is 1.61. The fourth-order valence-electron chi connectivity index (χ4n) is 1.61. The Bertz CT molecular complexity index is 421. The Balaban J connectivity index is 3.17. The highest BCUT2D eigenvalue weighted by Crippen LogP contribution is 2.36. The Morgan fingerprint density at radius 2 is 1.58 bits per heavy atom. The molecule has 1 rings (SSSR count). The van der Waals surface area contributed by atoms with Crippen LogP contribution >= 0.6 is 0 Å². The van der Waals surface area contributed by atoms with Crippen LogP contribution in [0.25, 0.3) is 0 Å². The third kappa shape index (κ3) is 4.41. The minimum absolute atomic E-state index is 0.448. The average molecular weight is 285 g/mol. The minimum atomic E-state index is -4.66. The van der Waals surface area contributed by atoms with Crippen molar-refractivity contribution in [1.82, 2.24) is 5.32 Å². The van der Waals surface area contributed by atoms with Gasteiger partial charge >= 0.3 is 12.4 Å². The summed E-state index contributed by atoms with van der Waals surface area (Å²) in [6.45, 7) is 2.98. The molecule has 0 aliphatic carbocycles. The van der Waals surface area contributed by atoms with Crippen LogP contribution in [0.4, 0.5) is 26.3 Å². The Labute approximate surface area is 106 Å². The van der Waals surface area contributed by atoms with E-state index < -0.39 is 35.6 Å². The van der Waals surface area contributed by atoms with Gasteiger partial charge in [-0.25, -0.2) is 0 Å². The lowest BCUT2D eigenvalue weighted by Crippen LogP contribution is -2.38. The molecule has 7 heteroatoms. The number of alkyl halides is 6. The molecule has 0 saturated heterocycles. The second kappa shape index (κ2) is 5.40. The fraction of sp³-hybridized carbons (Fsp3) is 0.500. The Hall–Kier alpha value is -1.24. The first-order valence-electron chi connectivity index (χ1n) is 5.51. The van der Waals surface area contributed by atoms with Crippen molar-refractivity contribution in [2.75, 3.05) is 0 Å². The second-order valence-electron chi connectivity index (χ2n) is 4.42. The van der Waals surface area contributed by atoms with Gasteiger partial charge < -0.3 is 5.32 Å². The first-order chi connectivity index (χ1) is 8.51. The molecule has 1 aromatic rings. The summed E-state index contributed by atoms with van der Waals surface area (Å²) in [5.74, 6) is 0. The molecule has 0 spiro atoms. The molecule has 0 saturated carbocycles. The summed E-state index contributed by atoms with van der Waals surface area (Å²) in [5.41, 5.74) is -1.54. The molecule has 1 aromatic carbocycles. The molecule has 108 valence electrons. The van der Waals surface area contributed by atoms with E-state index in [4.69, 9.17) is 0 Å². The van der Waals surface area contributed by atoms with Crippen LogP contribution in [0.2, 0.25) is 0 Å². The largest absolute Gasteiger partial charge is 0.416 e. The van der Waals surface area contributed by atoms with Crippen LogP contribution in [0.3, 0.4) is 0 Å². The summed E-state index contributed by atoms with van der Waals surface area (Å²) in [6, 6.07) is 0.637. The molecule has 1 nitrogen and oxygen atoms in total. The highest BCUT2D eigenvalue weighted by Gasteiger charge is 2.42. The SMILES string of the molecule is CC(C)NC(c1cccc(C(F)(F)F)c1)C(F)(F)F. The molecule has 1 atom stereocenters. The highest BCUT2D eigenvalue weighted by atomic mass is 19.4. The Kier molecular flexibility index (Phi) is 4.50. The third-order valence-electron chi connectivity index (χ3n) is 2.37. The number of halogens is 6. The van der Waals surface area contributed by atoms with E-state index >= 15 is 0 Å². The van der Waals surface area contributed by atoms with E-state index in [1.807, 2.05) is 0 Å². The van der Waals surface area contributed by atoms with Crippen molar-refractivity contribution in [3.05, 3.63) is 35.4 Å². The smallest absolute Gasteiger partial charge is 0.300 e. The van der Waals surface area contributed by atoms with Crippen molar-refractivity contribution in [3.63, 3.8) is 0 Å². The molecular weight excluding hydrogens is 272 g/mol. The molecule has 1 N–H and O–H groups in total. The molecule has 0 aromatic heterocycles. The van der Waals surface area contributed by atoms with Crippen LogP contribution in [-0.2, 0) is 6.18 Å². The molecular formula is C12H13F6N.